The molecule has 0 N–H and O–H groups in total. The van der Waals surface area contributed by atoms with Crippen LogP contribution in [-0.2, 0) is 4.74 Å². The van der Waals surface area contributed by atoms with E-state index >= 15 is 0 Å². The fourth-order valence-corrected chi connectivity index (χ4v) is 2.79. The van der Waals surface area contributed by atoms with E-state index in [1.54, 1.807) is 0 Å². The van der Waals surface area contributed by atoms with E-state index in [1.807, 2.05) is 0 Å². The van der Waals surface area contributed by atoms with E-state index in [1.165, 1.54) is 38.6 Å². The lowest BCUT2D eigenvalue weighted by Gasteiger charge is -2.34. The average molecular weight is 278 g/mol. The summed E-state index contributed by atoms with van der Waals surface area (Å²) in [5.74, 6) is 0. The first kappa shape index (κ1) is 13.5. The lowest BCUT2D eigenvalue weighted by Crippen LogP contribution is -2.42. The lowest BCUT2D eigenvalue weighted by atomic mass is 10.0. The van der Waals surface area contributed by atoms with Crippen molar-refractivity contribution in [3.8, 4) is 0 Å². The highest BCUT2D eigenvalue weighted by Crippen LogP contribution is 2.17. The van der Waals surface area contributed by atoms with Gasteiger partial charge in [0.15, 0.2) is 0 Å². The molecule has 90 valence electrons. The first-order valence-electron chi connectivity index (χ1n) is 6.26. The fraction of sp³-hybridized carbons (Fsp3) is 1.00. The van der Waals surface area contributed by atoms with E-state index in [-0.39, 0.29) is 0 Å². The standard InChI is InChI=1S/C12H24BrNO/c1-2-3-9-15-10-8-14-7-5-4-6-12(14)11-13/h12H,2-11H2,1H3. The Morgan fingerprint density at radius 2 is 2.20 bits per heavy atom. The average Bonchev–Trinajstić information content (AvgIpc) is 2.29. The van der Waals surface area contributed by atoms with Gasteiger partial charge in [0.1, 0.15) is 0 Å². The minimum absolute atomic E-state index is 0.744. The van der Waals surface area contributed by atoms with Crippen LogP contribution < -0.4 is 0 Å². The van der Waals surface area contributed by atoms with Crippen molar-refractivity contribution in [2.45, 2.75) is 45.1 Å². The first-order valence-corrected chi connectivity index (χ1v) is 7.38. The molecule has 0 bridgehead atoms. The summed E-state index contributed by atoms with van der Waals surface area (Å²) in [5.41, 5.74) is 0. The molecule has 1 aliphatic heterocycles. The molecule has 15 heavy (non-hydrogen) atoms. The summed E-state index contributed by atoms with van der Waals surface area (Å²) in [5, 5.41) is 1.11. The molecule has 0 saturated carbocycles. The van der Waals surface area contributed by atoms with Gasteiger partial charge in [-0.25, -0.2) is 0 Å². The Morgan fingerprint density at radius 3 is 2.93 bits per heavy atom. The molecule has 0 aromatic rings. The third-order valence-electron chi connectivity index (χ3n) is 3.09. The third-order valence-corrected chi connectivity index (χ3v) is 3.84. The molecule has 1 unspecified atom stereocenters. The smallest absolute Gasteiger partial charge is 0.0593 e. The highest BCUT2D eigenvalue weighted by molar-refractivity contribution is 9.09. The van der Waals surface area contributed by atoms with Crippen LogP contribution >= 0.6 is 15.9 Å². The molecule has 2 nitrogen and oxygen atoms in total. The second-order valence-corrected chi connectivity index (χ2v) is 4.95. The maximum Gasteiger partial charge on any atom is 0.0593 e. The summed E-state index contributed by atoms with van der Waals surface area (Å²) < 4.78 is 5.61. The topological polar surface area (TPSA) is 12.5 Å². The summed E-state index contributed by atoms with van der Waals surface area (Å²) in [6, 6.07) is 0.744. The van der Waals surface area contributed by atoms with Gasteiger partial charge in [-0.2, -0.15) is 0 Å². The lowest BCUT2D eigenvalue weighted by molar-refractivity contribution is 0.0766. The van der Waals surface area contributed by atoms with Crippen LogP contribution in [0.3, 0.4) is 0 Å². The Balaban J connectivity index is 2.07. The van der Waals surface area contributed by atoms with Gasteiger partial charge in [-0.1, -0.05) is 35.7 Å². The van der Waals surface area contributed by atoms with Gasteiger partial charge >= 0.3 is 0 Å². The van der Waals surface area contributed by atoms with Crippen LogP contribution in [0.5, 0.6) is 0 Å². The van der Waals surface area contributed by atoms with Gasteiger partial charge in [-0.3, -0.25) is 4.90 Å². The zero-order valence-corrected chi connectivity index (χ0v) is 11.5. The molecule has 1 aliphatic rings. The van der Waals surface area contributed by atoms with Gasteiger partial charge in [-0.15, -0.1) is 0 Å². The van der Waals surface area contributed by atoms with Gasteiger partial charge in [-0.05, 0) is 25.8 Å². The van der Waals surface area contributed by atoms with Crippen molar-refractivity contribution in [1.82, 2.24) is 4.90 Å². The van der Waals surface area contributed by atoms with Crippen LogP contribution in [0.1, 0.15) is 39.0 Å². The first-order chi connectivity index (χ1) is 7.38. The quantitative estimate of drug-likeness (QED) is 0.524. The molecule has 1 rings (SSSR count). The Morgan fingerprint density at radius 1 is 1.33 bits per heavy atom. The summed E-state index contributed by atoms with van der Waals surface area (Å²) in [4.78, 5) is 2.57. The highest BCUT2D eigenvalue weighted by atomic mass is 79.9. The summed E-state index contributed by atoms with van der Waals surface area (Å²) >= 11 is 3.60. The number of halogens is 1. The number of nitrogens with zero attached hydrogens (tertiary/aromatic N) is 1. The number of likely N-dealkylation sites (tertiary alicyclic amines) is 1. The second-order valence-electron chi connectivity index (χ2n) is 4.31. The van der Waals surface area contributed by atoms with Crippen molar-refractivity contribution in [2.75, 3.05) is 31.6 Å². The van der Waals surface area contributed by atoms with Crippen molar-refractivity contribution in [1.29, 1.82) is 0 Å². The Labute approximate surface area is 102 Å². The van der Waals surface area contributed by atoms with Gasteiger partial charge in [0.2, 0.25) is 0 Å². The monoisotopic (exact) mass is 277 g/mol. The van der Waals surface area contributed by atoms with E-state index in [4.69, 9.17) is 4.74 Å². The molecule has 0 radical (unpaired) electrons. The Bertz CT molecular complexity index is 155. The van der Waals surface area contributed by atoms with Gasteiger partial charge in [0, 0.05) is 24.5 Å². The predicted octanol–water partition coefficient (Wildman–Crippen LogP) is 3.05. The molecule has 0 aromatic heterocycles. The molecule has 3 heteroatoms. The van der Waals surface area contributed by atoms with Crippen LogP contribution in [-0.4, -0.2) is 42.6 Å². The minimum Gasteiger partial charge on any atom is -0.380 e. The number of ether oxygens (including phenoxy) is 1. The second kappa shape index (κ2) is 8.54. The summed E-state index contributed by atoms with van der Waals surface area (Å²) in [6.45, 7) is 6.41. The van der Waals surface area contributed by atoms with Crippen molar-refractivity contribution < 1.29 is 4.74 Å². The molecule has 0 amide bonds. The molecular formula is C12H24BrNO. The molecule has 0 aliphatic carbocycles. The molecule has 1 heterocycles. The van der Waals surface area contributed by atoms with Crippen molar-refractivity contribution >= 4 is 15.9 Å². The zero-order valence-electron chi connectivity index (χ0n) is 9.88. The SMILES string of the molecule is CCCCOCCN1CCCCC1CBr. The zero-order chi connectivity index (χ0) is 10.9. The number of rotatable bonds is 7. The largest absolute Gasteiger partial charge is 0.380 e. The molecule has 1 atom stereocenters. The maximum absolute atomic E-state index is 5.61. The van der Waals surface area contributed by atoms with Gasteiger partial charge < -0.3 is 4.74 Å². The van der Waals surface area contributed by atoms with Crippen molar-refractivity contribution in [2.24, 2.45) is 0 Å². The third kappa shape index (κ3) is 5.32. The normalized spacial score (nSPS) is 23.2. The minimum atomic E-state index is 0.744. The molecule has 1 fully saturated rings. The van der Waals surface area contributed by atoms with Gasteiger partial charge in [0.05, 0.1) is 6.61 Å². The number of piperidine rings is 1. The highest BCUT2D eigenvalue weighted by Gasteiger charge is 2.20. The van der Waals surface area contributed by atoms with Crippen LogP contribution in [0, 0.1) is 0 Å². The number of alkyl halides is 1. The Hall–Kier alpha value is 0.400. The summed E-state index contributed by atoms with van der Waals surface area (Å²) in [6.07, 6.45) is 6.53. The van der Waals surface area contributed by atoms with E-state index in [0.29, 0.717) is 0 Å². The molecule has 0 aromatic carbocycles. The molecule has 0 spiro atoms. The molecular weight excluding hydrogens is 254 g/mol. The van der Waals surface area contributed by atoms with E-state index in [0.717, 1.165) is 31.1 Å². The van der Waals surface area contributed by atoms with Crippen LogP contribution in [0.25, 0.3) is 0 Å². The predicted molar refractivity (Wildman–Crippen MR) is 68.7 cm³/mol. The van der Waals surface area contributed by atoms with E-state index in [9.17, 15) is 0 Å². The molecule has 1 saturated heterocycles. The number of hydrogen-bond acceptors (Lipinski definition) is 2. The van der Waals surface area contributed by atoms with E-state index < -0.39 is 0 Å². The summed E-state index contributed by atoms with van der Waals surface area (Å²) in [7, 11) is 0. The fourth-order valence-electron chi connectivity index (χ4n) is 2.06. The number of hydrogen-bond donors (Lipinski definition) is 0. The van der Waals surface area contributed by atoms with Crippen LogP contribution in [0.15, 0.2) is 0 Å². The maximum atomic E-state index is 5.61. The van der Waals surface area contributed by atoms with Crippen LogP contribution in [0.2, 0.25) is 0 Å². The van der Waals surface area contributed by atoms with Crippen molar-refractivity contribution in [3.63, 3.8) is 0 Å². The van der Waals surface area contributed by atoms with Gasteiger partial charge in [0.25, 0.3) is 0 Å². The van der Waals surface area contributed by atoms with Crippen LogP contribution in [0.4, 0.5) is 0 Å². The Kier molecular flexibility index (Phi) is 7.67. The van der Waals surface area contributed by atoms with Crippen molar-refractivity contribution in [3.05, 3.63) is 0 Å². The number of unbranched alkanes of at least 4 members (excludes halogenated alkanes) is 1. The van der Waals surface area contributed by atoms with E-state index in [2.05, 4.69) is 27.8 Å².